The maximum Gasteiger partial charge on any atom is 0.408 e. The van der Waals surface area contributed by atoms with Crippen LogP contribution < -0.4 is 10.6 Å². The Balaban J connectivity index is 4.85. The van der Waals surface area contributed by atoms with E-state index in [1.54, 1.807) is 11.8 Å². The fraction of sp³-hybridized carbons (Fsp3) is 0.906. The highest BCUT2D eigenvalue weighted by molar-refractivity contribution is 7.99. The molecule has 242 valence electrons. The van der Waals surface area contributed by atoms with E-state index in [1.807, 2.05) is 46.4 Å². The van der Waals surface area contributed by atoms with Crippen LogP contribution in [0.2, 0.25) is 0 Å². The Morgan fingerprint density at radius 2 is 1.17 bits per heavy atom. The minimum atomic E-state index is -0.659. The number of rotatable bonds is 22. The number of carbonyl (C=O) groups excluding carboxylic acids is 3. The lowest BCUT2D eigenvalue weighted by Gasteiger charge is -2.29. The van der Waals surface area contributed by atoms with Crippen molar-refractivity contribution in [3.8, 4) is 0 Å². The van der Waals surface area contributed by atoms with E-state index in [0.29, 0.717) is 31.8 Å². The molecular formula is C32H63N3O5S. The van der Waals surface area contributed by atoms with Gasteiger partial charge in [-0.25, -0.2) is 9.59 Å². The number of nitrogens with one attached hydrogen (secondary N) is 2. The predicted molar refractivity (Wildman–Crippen MR) is 173 cm³/mol. The summed E-state index contributed by atoms with van der Waals surface area (Å²) in [5.74, 6) is 1.37. The minimum absolute atomic E-state index is 0.0999. The molecule has 41 heavy (non-hydrogen) atoms. The summed E-state index contributed by atoms with van der Waals surface area (Å²) >= 11 is 1.71. The summed E-state index contributed by atoms with van der Waals surface area (Å²) in [6.45, 7) is 16.8. The number of carbonyl (C=O) groups is 3. The third-order valence-electron chi connectivity index (χ3n) is 6.28. The van der Waals surface area contributed by atoms with Crippen molar-refractivity contribution in [1.29, 1.82) is 0 Å². The first-order valence-corrected chi connectivity index (χ1v) is 17.3. The van der Waals surface area contributed by atoms with Gasteiger partial charge in [0.25, 0.3) is 0 Å². The van der Waals surface area contributed by atoms with Gasteiger partial charge in [-0.15, -0.1) is 0 Å². The molecule has 0 aliphatic carbocycles. The molecule has 0 radical (unpaired) electrons. The number of thioether (sulfide) groups is 1. The molecule has 3 amide bonds. The van der Waals surface area contributed by atoms with E-state index in [0.717, 1.165) is 25.0 Å². The van der Waals surface area contributed by atoms with Crippen molar-refractivity contribution in [1.82, 2.24) is 15.5 Å². The third-order valence-corrected chi connectivity index (χ3v) is 7.43. The lowest BCUT2D eigenvalue weighted by atomic mass is 10.1. The molecular weight excluding hydrogens is 538 g/mol. The summed E-state index contributed by atoms with van der Waals surface area (Å²) in [4.78, 5) is 40.0. The quantitative estimate of drug-likeness (QED) is 0.122. The van der Waals surface area contributed by atoms with E-state index < -0.39 is 29.4 Å². The number of alkyl carbamates (subject to hydrolysis) is 2. The molecule has 1 atom stereocenters. The van der Waals surface area contributed by atoms with Gasteiger partial charge in [0.05, 0.1) is 0 Å². The molecule has 0 saturated heterocycles. The SMILES string of the molecule is CCCCCCCCCCCCSC[C@@H](NC(=O)OC(C)(C)C)C(=O)N(CCCC)CCCNC(=O)OC(C)(C)C. The Bertz CT molecular complexity index is 706. The van der Waals surface area contributed by atoms with E-state index in [9.17, 15) is 14.4 Å². The van der Waals surface area contributed by atoms with Crippen LogP contribution in [0, 0.1) is 0 Å². The van der Waals surface area contributed by atoms with Crippen LogP contribution in [-0.2, 0) is 14.3 Å². The predicted octanol–water partition coefficient (Wildman–Crippen LogP) is 8.08. The summed E-state index contributed by atoms with van der Waals surface area (Å²) in [5, 5.41) is 5.60. The lowest BCUT2D eigenvalue weighted by molar-refractivity contribution is -0.133. The van der Waals surface area contributed by atoms with Crippen LogP contribution in [0.15, 0.2) is 0 Å². The Morgan fingerprint density at radius 1 is 0.683 bits per heavy atom. The highest BCUT2D eigenvalue weighted by Crippen LogP contribution is 2.15. The maximum atomic E-state index is 13.6. The zero-order valence-electron chi connectivity index (χ0n) is 27.7. The smallest absolute Gasteiger partial charge is 0.408 e. The van der Waals surface area contributed by atoms with Crippen LogP contribution in [0.1, 0.15) is 139 Å². The Labute approximate surface area is 256 Å². The van der Waals surface area contributed by atoms with Gasteiger partial charge >= 0.3 is 12.2 Å². The average molecular weight is 602 g/mol. The summed E-state index contributed by atoms with van der Waals surface area (Å²) in [6, 6.07) is -0.659. The molecule has 0 spiro atoms. The highest BCUT2D eigenvalue weighted by Gasteiger charge is 2.28. The third kappa shape index (κ3) is 24.6. The monoisotopic (exact) mass is 601 g/mol. The number of hydrogen-bond acceptors (Lipinski definition) is 6. The molecule has 0 aromatic rings. The Morgan fingerprint density at radius 3 is 1.71 bits per heavy atom. The fourth-order valence-electron chi connectivity index (χ4n) is 4.19. The molecule has 0 saturated carbocycles. The number of amides is 3. The zero-order chi connectivity index (χ0) is 31.2. The zero-order valence-corrected chi connectivity index (χ0v) is 28.5. The first-order chi connectivity index (χ1) is 19.3. The van der Waals surface area contributed by atoms with Crippen LogP contribution in [0.5, 0.6) is 0 Å². The molecule has 0 aliphatic heterocycles. The van der Waals surface area contributed by atoms with Gasteiger partial charge in [-0.05, 0) is 66.6 Å². The van der Waals surface area contributed by atoms with Gasteiger partial charge in [0.2, 0.25) is 5.91 Å². The van der Waals surface area contributed by atoms with Gasteiger partial charge < -0.3 is 25.0 Å². The molecule has 0 fully saturated rings. The minimum Gasteiger partial charge on any atom is -0.444 e. The molecule has 0 heterocycles. The first kappa shape index (κ1) is 39.4. The van der Waals surface area contributed by atoms with E-state index in [-0.39, 0.29) is 5.91 Å². The standard InChI is InChI=1S/C32H63N3O5S/c1-9-11-13-14-15-16-17-18-19-20-25-41-26-27(34-30(38)40-32(6,7)8)28(36)35(23-12-10-2)24-21-22-33-29(37)39-31(3,4)5/h27H,9-26H2,1-8H3,(H,33,37)(H,34,38)/t27-/m1/s1. The molecule has 8 nitrogen and oxygen atoms in total. The second-order valence-electron chi connectivity index (χ2n) is 12.9. The highest BCUT2D eigenvalue weighted by atomic mass is 32.2. The van der Waals surface area contributed by atoms with Crippen LogP contribution in [-0.4, -0.2) is 71.4 Å². The largest absolute Gasteiger partial charge is 0.444 e. The molecule has 0 unspecified atom stereocenters. The summed E-state index contributed by atoms with van der Waals surface area (Å²) in [5.41, 5.74) is -1.20. The van der Waals surface area contributed by atoms with Gasteiger partial charge in [-0.2, -0.15) is 11.8 Å². The number of hydrogen-bond donors (Lipinski definition) is 2. The van der Waals surface area contributed by atoms with Gasteiger partial charge in [-0.3, -0.25) is 4.79 Å². The van der Waals surface area contributed by atoms with Crippen LogP contribution in [0.3, 0.4) is 0 Å². The topological polar surface area (TPSA) is 97.0 Å². The summed E-state index contributed by atoms with van der Waals surface area (Å²) in [6.07, 6.45) is 14.3. The normalized spacial score (nSPS) is 12.5. The second kappa shape index (κ2) is 22.9. The van der Waals surface area contributed by atoms with Crippen molar-refractivity contribution in [2.24, 2.45) is 0 Å². The van der Waals surface area contributed by atoms with E-state index >= 15 is 0 Å². The van der Waals surface area contributed by atoms with E-state index in [2.05, 4.69) is 24.5 Å². The van der Waals surface area contributed by atoms with E-state index in [4.69, 9.17) is 9.47 Å². The molecule has 0 aromatic carbocycles. The fourth-order valence-corrected chi connectivity index (χ4v) is 5.23. The average Bonchev–Trinajstić information content (AvgIpc) is 2.85. The number of ether oxygens (including phenoxy) is 2. The van der Waals surface area contributed by atoms with Crippen molar-refractivity contribution in [3.05, 3.63) is 0 Å². The Hall–Kier alpha value is -1.64. The van der Waals surface area contributed by atoms with Crippen LogP contribution in [0.25, 0.3) is 0 Å². The number of nitrogens with zero attached hydrogens (tertiary/aromatic N) is 1. The lowest BCUT2D eigenvalue weighted by Crippen LogP contribution is -2.51. The Kier molecular flexibility index (Phi) is 22.0. The van der Waals surface area contributed by atoms with Crippen LogP contribution in [0.4, 0.5) is 9.59 Å². The molecule has 0 bridgehead atoms. The molecule has 0 rings (SSSR count). The first-order valence-electron chi connectivity index (χ1n) is 16.1. The summed E-state index contributed by atoms with van der Waals surface area (Å²) < 4.78 is 10.8. The summed E-state index contributed by atoms with van der Waals surface area (Å²) in [7, 11) is 0. The van der Waals surface area contributed by atoms with E-state index in [1.165, 1.54) is 57.8 Å². The van der Waals surface area contributed by atoms with Crippen LogP contribution >= 0.6 is 11.8 Å². The van der Waals surface area contributed by atoms with Crippen molar-refractivity contribution in [2.75, 3.05) is 31.1 Å². The van der Waals surface area contributed by atoms with Gasteiger partial charge in [0.15, 0.2) is 0 Å². The maximum absolute atomic E-state index is 13.6. The molecule has 0 aliphatic rings. The molecule has 2 N–H and O–H groups in total. The number of unbranched alkanes of at least 4 members (excludes halogenated alkanes) is 10. The second-order valence-corrected chi connectivity index (χ2v) is 14.1. The van der Waals surface area contributed by atoms with Crippen molar-refractivity contribution in [3.63, 3.8) is 0 Å². The van der Waals surface area contributed by atoms with Crippen molar-refractivity contribution < 1.29 is 23.9 Å². The molecule has 0 aromatic heterocycles. The van der Waals surface area contributed by atoms with Gasteiger partial charge in [-0.1, -0.05) is 78.1 Å². The van der Waals surface area contributed by atoms with Crippen molar-refractivity contribution in [2.45, 2.75) is 156 Å². The van der Waals surface area contributed by atoms with Crippen molar-refractivity contribution >= 4 is 29.9 Å². The van der Waals surface area contributed by atoms with Gasteiger partial charge in [0, 0.05) is 25.4 Å². The van der Waals surface area contributed by atoms with Gasteiger partial charge in [0.1, 0.15) is 17.2 Å². The molecule has 9 heteroatoms.